The van der Waals surface area contributed by atoms with E-state index in [4.69, 9.17) is 71.1 Å². The van der Waals surface area contributed by atoms with Crippen molar-refractivity contribution in [1.82, 2.24) is 14.5 Å². The van der Waals surface area contributed by atoms with Gasteiger partial charge in [-0.25, -0.2) is 14.8 Å². The molecule has 5 rings (SSSR count). The number of aromatic nitrogens is 3. The standard InChI is InChI=1S/C30H28Cl4N4O6/c1-30(40)26(43-13-18-4-7-20(32)10-22(18)34)23(14-42-12-17-3-6-19(31)9-21(17)33)44-29(30)38-11-16(5-8-24(39)41-2)25-27(35)36-15-37-28(25)38/h3-11,15,23,26,29,40H,12-14H2,1-2H3,(H2,35,36,37)/t23-,26-,29-,30-/m1/s1. The average Bonchev–Trinajstić information content (AvgIpc) is 3.46. The molecule has 4 atom stereocenters. The Morgan fingerprint density at radius 3 is 2.39 bits per heavy atom. The molecule has 0 bridgehead atoms. The number of hydrogen-bond donors (Lipinski definition) is 2. The van der Waals surface area contributed by atoms with E-state index in [2.05, 4.69) is 9.97 Å². The number of ether oxygens (including phenoxy) is 4. The summed E-state index contributed by atoms with van der Waals surface area (Å²) >= 11 is 24.8. The Morgan fingerprint density at radius 2 is 1.75 bits per heavy atom. The van der Waals surface area contributed by atoms with Crippen LogP contribution in [0.3, 0.4) is 0 Å². The second-order valence-electron chi connectivity index (χ2n) is 10.3. The lowest BCUT2D eigenvalue weighted by atomic mass is 9.96. The zero-order valence-corrected chi connectivity index (χ0v) is 26.6. The molecule has 44 heavy (non-hydrogen) atoms. The van der Waals surface area contributed by atoms with Crippen molar-refractivity contribution in [3.63, 3.8) is 0 Å². The highest BCUT2D eigenvalue weighted by Crippen LogP contribution is 2.43. The second-order valence-corrected chi connectivity index (χ2v) is 12.0. The van der Waals surface area contributed by atoms with E-state index < -0.39 is 30.0 Å². The lowest BCUT2D eigenvalue weighted by Gasteiger charge is -2.30. The SMILES string of the molecule is COC(=O)C=Cc1cn([C@@H]2O[C@H](COCc3ccc(Cl)cc3Cl)[C@@H](OCc3ccc(Cl)cc3Cl)[C@@]2(C)O)c2ncnc(N)c12. The number of nitrogen functional groups attached to an aromatic ring is 1. The van der Waals surface area contributed by atoms with Crippen LogP contribution in [0.25, 0.3) is 17.1 Å². The van der Waals surface area contributed by atoms with E-state index in [9.17, 15) is 9.90 Å². The minimum absolute atomic E-state index is 0.0377. The molecule has 232 valence electrons. The Morgan fingerprint density at radius 1 is 1.09 bits per heavy atom. The Kier molecular flexibility index (Phi) is 10.0. The molecule has 4 aromatic rings. The third kappa shape index (κ3) is 6.83. The normalized spacial score (nSPS) is 21.8. The van der Waals surface area contributed by atoms with Gasteiger partial charge in [0.2, 0.25) is 0 Å². The predicted octanol–water partition coefficient (Wildman–Crippen LogP) is 6.26. The van der Waals surface area contributed by atoms with Gasteiger partial charge in [-0.2, -0.15) is 0 Å². The molecule has 3 N–H and O–H groups in total. The summed E-state index contributed by atoms with van der Waals surface area (Å²) in [6, 6.07) is 10.2. The van der Waals surface area contributed by atoms with E-state index >= 15 is 0 Å². The number of esters is 1. The number of rotatable bonds is 10. The molecule has 0 aliphatic carbocycles. The van der Waals surface area contributed by atoms with Gasteiger partial charge in [0.15, 0.2) is 6.23 Å². The van der Waals surface area contributed by atoms with Gasteiger partial charge in [-0.05, 0) is 48.4 Å². The van der Waals surface area contributed by atoms with E-state index in [1.54, 1.807) is 54.1 Å². The van der Waals surface area contributed by atoms with E-state index in [0.717, 1.165) is 5.56 Å². The van der Waals surface area contributed by atoms with Crippen molar-refractivity contribution in [3.8, 4) is 0 Å². The summed E-state index contributed by atoms with van der Waals surface area (Å²) in [6.07, 6.45) is 3.08. The van der Waals surface area contributed by atoms with Gasteiger partial charge in [-0.15, -0.1) is 0 Å². The number of nitrogens with two attached hydrogens (primary N) is 1. The topological polar surface area (TPSA) is 131 Å². The highest BCUT2D eigenvalue weighted by molar-refractivity contribution is 6.35. The molecule has 2 aromatic carbocycles. The van der Waals surface area contributed by atoms with Gasteiger partial charge in [0.25, 0.3) is 0 Å². The van der Waals surface area contributed by atoms with Crippen LogP contribution < -0.4 is 5.73 Å². The maximum Gasteiger partial charge on any atom is 0.330 e. The maximum atomic E-state index is 12.0. The number of halogens is 4. The van der Waals surface area contributed by atoms with Gasteiger partial charge in [-0.3, -0.25) is 0 Å². The molecular formula is C30H28Cl4N4O6. The van der Waals surface area contributed by atoms with Crippen LogP contribution in [0.15, 0.2) is 55.0 Å². The van der Waals surface area contributed by atoms with E-state index in [1.807, 2.05) is 0 Å². The Hall–Kier alpha value is -2.93. The molecule has 1 aliphatic rings. The molecule has 2 aromatic heterocycles. The number of hydrogen-bond acceptors (Lipinski definition) is 9. The van der Waals surface area contributed by atoms with Crippen molar-refractivity contribution >= 4 is 75.3 Å². The lowest BCUT2D eigenvalue weighted by Crippen LogP contribution is -2.46. The van der Waals surface area contributed by atoms with Crippen molar-refractivity contribution in [3.05, 3.63) is 91.8 Å². The van der Waals surface area contributed by atoms with Gasteiger partial charge < -0.3 is 34.4 Å². The number of carbonyl (C=O) groups excluding carboxylic acids is 1. The smallest absolute Gasteiger partial charge is 0.330 e. The summed E-state index contributed by atoms with van der Waals surface area (Å²) in [5, 5.41) is 14.4. The summed E-state index contributed by atoms with van der Waals surface area (Å²) in [4.78, 5) is 20.3. The van der Waals surface area contributed by atoms with Crippen LogP contribution in [0.1, 0.15) is 29.8 Å². The molecule has 10 nitrogen and oxygen atoms in total. The Bertz CT molecular complexity index is 1710. The number of methoxy groups -OCH3 is 1. The Labute approximate surface area is 273 Å². The first kappa shape index (κ1) is 32.5. The zero-order valence-electron chi connectivity index (χ0n) is 23.5. The van der Waals surface area contributed by atoms with Crippen LogP contribution in [-0.2, 0) is 37.0 Å². The van der Waals surface area contributed by atoms with Gasteiger partial charge in [0.1, 0.15) is 35.6 Å². The summed E-state index contributed by atoms with van der Waals surface area (Å²) in [5.74, 6) is -0.376. The molecular weight excluding hydrogens is 654 g/mol. The molecule has 0 spiro atoms. The maximum absolute atomic E-state index is 12.0. The zero-order chi connectivity index (χ0) is 31.6. The fourth-order valence-corrected chi connectivity index (χ4v) is 5.98. The molecule has 0 saturated carbocycles. The molecule has 3 heterocycles. The van der Waals surface area contributed by atoms with Gasteiger partial charge in [0, 0.05) is 37.9 Å². The van der Waals surface area contributed by atoms with Crippen LogP contribution in [-0.4, -0.2) is 57.1 Å². The minimum Gasteiger partial charge on any atom is -0.466 e. The van der Waals surface area contributed by atoms with Crippen LogP contribution in [0.2, 0.25) is 20.1 Å². The number of anilines is 1. The van der Waals surface area contributed by atoms with Crippen molar-refractivity contribution in [1.29, 1.82) is 0 Å². The third-order valence-electron chi connectivity index (χ3n) is 7.23. The summed E-state index contributed by atoms with van der Waals surface area (Å²) in [7, 11) is 1.28. The first-order valence-electron chi connectivity index (χ1n) is 13.3. The molecule has 0 radical (unpaired) electrons. The fraction of sp³-hybridized carbons (Fsp3) is 0.300. The molecule has 0 amide bonds. The molecule has 1 aliphatic heterocycles. The lowest BCUT2D eigenvalue weighted by molar-refractivity contribution is -0.134. The number of benzene rings is 2. The second kappa shape index (κ2) is 13.6. The van der Waals surface area contributed by atoms with Crippen molar-refractivity contribution < 1.29 is 28.8 Å². The number of aliphatic hydroxyl groups is 1. The minimum atomic E-state index is -1.63. The quantitative estimate of drug-likeness (QED) is 0.147. The average molecular weight is 682 g/mol. The largest absolute Gasteiger partial charge is 0.466 e. The highest BCUT2D eigenvalue weighted by Gasteiger charge is 2.55. The van der Waals surface area contributed by atoms with E-state index in [1.165, 1.54) is 25.6 Å². The number of nitrogens with zero attached hydrogens (tertiary/aromatic N) is 3. The van der Waals surface area contributed by atoms with Gasteiger partial charge in [0.05, 0.1) is 32.3 Å². The number of fused-ring (bicyclic) bond motifs is 1. The van der Waals surface area contributed by atoms with Crippen LogP contribution >= 0.6 is 46.4 Å². The summed E-state index contributed by atoms with van der Waals surface area (Å²) in [6.45, 7) is 1.86. The first-order valence-corrected chi connectivity index (χ1v) is 14.8. The molecule has 14 heteroatoms. The van der Waals surface area contributed by atoms with Crippen molar-refractivity contribution in [2.24, 2.45) is 0 Å². The number of carbonyl (C=O) groups is 1. The third-order valence-corrected chi connectivity index (χ3v) is 8.40. The van der Waals surface area contributed by atoms with Crippen molar-refractivity contribution in [2.75, 3.05) is 19.5 Å². The molecule has 1 saturated heterocycles. The van der Waals surface area contributed by atoms with Gasteiger partial charge >= 0.3 is 5.97 Å². The summed E-state index contributed by atoms with van der Waals surface area (Å²) < 4.78 is 25.1. The predicted molar refractivity (Wildman–Crippen MR) is 169 cm³/mol. The van der Waals surface area contributed by atoms with Crippen LogP contribution in [0, 0.1) is 0 Å². The molecule has 0 unspecified atom stereocenters. The van der Waals surface area contributed by atoms with Crippen molar-refractivity contribution in [2.45, 2.75) is 44.2 Å². The molecule has 1 fully saturated rings. The highest BCUT2D eigenvalue weighted by atomic mass is 35.5. The fourth-order valence-electron chi connectivity index (χ4n) is 5.05. The van der Waals surface area contributed by atoms with Crippen LogP contribution in [0.4, 0.5) is 5.82 Å². The monoisotopic (exact) mass is 680 g/mol. The first-order chi connectivity index (χ1) is 21.0. The van der Waals surface area contributed by atoms with E-state index in [0.29, 0.717) is 42.3 Å². The van der Waals surface area contributed by atoms with Gasteiger partial charge in [-0.1, -0.05) is 58.5 Å². The van der Waals surface area contributed by atoms with E-state index in [-0.39, 0.29) is 25.6 Å². The summed E-state index contributed by atoms with van der Waals surface area (Å²) in [5.41, 5.74) is 6.88. The Balaban J connectivity index is 1.47. The van der Waals surface area contributed by atoms with Crippen LogP contribution in [0.5, 0.6) is 0 Å².